The fourth-order valence-corrected chi connectivity index (χ4v) is 3.08. The molecule has 0 saturated heterocycles. The molecule has 0 aromatic heterocycles. The van der Waals surface area contributed by atoms with E-state index in [1.807, 2.05) is 12.1 Å². The highest BCUT2D eigenvalue weighted by Gasteiger charge is 2.15. The number of benzene rings is 1. The zero-order valence-corrected chi connectivity index (χ0v) is 11.5. The first-order chi connectivity index (χ1) is 8.46. The standard InChI is InChI=1S/C12H20N2O3S/c1-10(8-17-2)14-18(15,16)9-12-5-3-4-11(6-12)7-13/h3-6,10,14H,7-9,13H2,1-2H3. The van der Waals surface area contributed by atoms with Crippen LogP contribution in [-0.4, -0.2) is 28.2 Å². The molecule has 1 rings (SSSR count). The van der Waals surface area contributed by atoms with Gasteiger partial charge in [-0.15, -0.1) is 0 Å². The number of hydrogen-bond donors (Lipinski definition) is 2. The van der Waals surface area contributed by atoms with E-state index in [2.05, 4.69) is 4.72 Å². The molecule has 6 heteroatoms. The monoisotopic (exact) mass is 272 g/mol. The number of nitrogens with one attached hydrogen (secondary N) is 1. The molecule has 0 amide bonds. The average molecular weight is 272 g/mol. The topological polar surface area (TPSA) is 81.4 Å². The van der Waals surface area contributed by atoms with Crippen molar-refractivity contribution in [2.75, 3.05) is 13.7 Å². The van der Waals surface area contributed by atoms with Crippen LogP contribution in [0.4, 0.5) is 0 Å². The number of rotatable bonds is 7. The van der Waals surface area contributed by atoms with Gasteiger partial charge in [0.2, 0.25) is 10.0 Å². The maximum absolute atomic E-state index is 11.9. The van der Waals surface area contributed by atoms with Gasteiger partial charge in [-0.25, -0.2) is 13.1 Å². The van der Waals surface area contributed by atoms with E-state index in [1.165, 1.54) is 7.11 Å². The molecule has 1 aromatic rings. The lowest BCUT2D eigenvalue weighted by molar-refractivity contribution is 0.180. The molecule has 0 spiro atoms. The quantitative estimate of drug-likeness (QED) is 0.761. The van der Waals surface area contributed by atoms with E-state index in [0.717, 1.165) is 11.1 Å². The fourth-order valence-electron chi connectivity index (χ4n) is 1.70. The highest BCUT2D eigenvalue weighted by atomic mass is 32.2. The number of methoxy groups -OCH3 is 1. The Hall–Kier alpha value is -0.950. The summed E-state index contributed by atoms with van der Waals surface area (Å²) in [4.78, 5) is 0. The molecule has 5 nitrogen and oxygen atoms in total. The van der Waals surface area contributed by atoms with Crippen molar-refractivity contribution in [3.8, 4) is 0 Å². The Labute approximate surface area is 108 Å². The van der Waals surface area contributed by atoms with Crippen LogP contribution < -0.4 is 10.5 Å². The molecule has 0 aliphatic heterocycles. The molecule has 0 bridgehead atoms. The summed E-state index contributed by atoms with van der Waals surface area (Å²) < 4.78 is 31.2. The van der Waals surface area contributed by atoms with Crippen LogP contribution in [-0.2, 0) is 27.1 Å². The first kappa shape index (κ1) is 15.1. The number of hydrogen-bond acceptors (Lipinski definition) is 4. The summed E-state index contributed by atoms with van der Waals surface area (Å²) in [7, 11) is -1.81. The van der Waals surface area contributed by atoms with Crippen LogP contribution in [0.15, 0.2) is 24.3 Å². The summed E-state index contributed by atoms with van der Waals surface area (Å²) in [5.41, 5.74) is 7.18. The molecule has 1 atom stereocenters. The molecular formula is C12H20N2O3S. The van der Waals surface area contributed by atoms with Crippen molar-refractivity contribution >= 4 is 10.0 Å². The van der Waals surface area contributed by atoms with Gasteiger partial charge < -0.3 is 10.5 Å². The fraction of sp³-hybridized carbons (Fsp3) is 0.500. The zero-order valence-electron chi connectivity index (χ0n) is 10.7. The van der Waals surface area contributed by atoms with Gasteiger partial charge >= 0.3 is 0 Å². The van der Waals surface area contributed by atoms with Crippen LogP contribution in [0.5, 0.6) is 0 Å². The van der Waals surface area contributed by atoms with E-state index in [9.17, 15) is 8.42 Å². The lowest BCUT2D eigenvalue weighted by Crippen LogP contribution is -2.36. The van der Waals surface area contributed by atoms with Crippen LogP contribution in [0.2, 0.25) is 0 Å². The Kier molecular flexibility index (Phi) is 5.74. The third-order valence-corrected chi connectivity index (χ3v) is 3.86. The highest BCUT2D eigenvalue weighted by Crippen LogP contribution is 2.08. The lowest BCUT2D eigenvalue weighted by Gasteiger charge is -2.13. The molecule has 0 radical (unpaired) electrons. The molecule has 0 aliphatic rings. The predicted molar refractivity (Wildman–Crippen MR) is 71.4 cm³/mol. The third kappa shape index (κ3) is 5.14. The van der Waals surface area contributed by atoms with Gasteiger partial charge in [-0.3, -0.25) is 0 Å². The smallest absolute Gasteiger partial charge is 0.216 e. The molecule has 18 heavy (non-hydrogen) atoms. The first-order valence-corrected chi connectivity index (χ1v) is 7.39. The van der Waals surface area contributed by atoms with Gasteiger partial charge in [-0.05, 0) is 18.1 Å². The molecule has 0 aliphatic carbocycles. The Balaban J connectivity index is 2.70. The molecule has 1 unspecified atom stereocenters. The van der Waals surface area contributed by atoms with Crippen molar-refractivity contribution in [1.82, 2.24) is 4.72 Å². The summed E-state index contributed by atoms with van der Waals surface area (Å²) >= 11 is 0. The predicted octanol–water partition coefficient (Wildman–Crippen LogP) is 0.600. The van der Waals surface area contributed by atoms with Gasteiger partial charge in [-0.1, -0.05) is 24.3 Å². The largest absolute Gasteiger partial charge is 0.383 e. The molecule has 102 valence electrons. The zero-order chi connectivity index (χ0) is 13.6. The SMILES string of the molecule is COCC(C)NS(=O)(=O)Cc1cccc(CN)c1. The lowest BCUT2D eigenvalue weighted by atomic mass is 10.1. The molecule has 0 heterocycles. The van der Waals surface area contributed by atoms with E-state index in [0.29, 0.717) is 13.2 Å². The minimum Gasteiger partial charge on any atom is -0.383 e. The van der Waals surface area contributed by atoms with Crippen molar-refractivity contribution < 1.29 is 13.2 Å². The average Bonchev–Trinajstić information content (AvgIpc) is 2.28. The summed E-state index contributed by atoms with van der Waals surface area (Å²) in [6, 6.07) is 7.03. The normalized spacial score (nSPS) is 13.5. The summed E-state index contributed by atoms with van der Waals surface area (Å²) in [5, 5.41) is 0. The maximum atomic E-state index is 11.9. The van der Waals surface area contributed by atoms with Gasteiger partial charge in [0.05, 0.1) is 12.4 Å². The van der Waals surface area contributed by atoms with Crippen LogP contribution in [0.3, 0.4) is 0 Å². The van der Waals surface area contributed by atoms with Gasteiger partial charge in [-0.2, -0.15) is 0 Å². The Bertz CT molecular complexity index is 474. The van der Waals surface area contributed by atoms with Crippen LogP contribution in [0.25, 0.3) is 0 Å². The molecular weight excluding hydrogens is 252 g/mol. The van der Waals surface area contributed by atoms with Crippen molar-refractivity contribution in [3.05, 3.63) is 35.4 Å². The van der Waals surface area contributed by atoms with E-state index < -0.39 is 10.0 Å². The Morgan fingerprint density at radius 2 is 2.06 bits per heavy atom. The summed E-state index contributed by atoms with van der Waals surface area (Å²) in [6.45, 7) is 2.51. The second-order valence-electron chi connectivity index (χ2n) is 4.26. The van der Waals surface area contributed by atoms with E-state index in [-0.39, 0.29) is 11.8 Å². The van der Waals surface area contributed by atoms with Crippen molar-refractivity contribution in [3.63, 3.8) is 0 Å². The van der Waals surface area contributed by atoms with E-state index in [1.54, 1.807) is 19.1 Å². The van der Waals surface area contributed by atoms with Crippen molar-refractivity contribution in [1.29, 1.82) is 0 Å². The summed E-state index contributed by atoms with van der Waals surface area (Å²) in [6.07, 6.45) is 0. The Morgan fingerprint density at radius 1 is 1.39 bits per heavy atom. The van der Waals surface area contributed by atoms with Crippen molar-refractivity contribution in [2.45, 2.75) is 25.3 Å². The minimum absolute atomic E-state index is 0.0467. The number of sulfonamides is 1. The minimum atomic E-state index is -3.35. The molecule has 0 fully saturated rings. The van der Waals surface area contributed by atoms with E-state index in [4.69, 9.17) is 10.5 Å². The second kappa shape index (κ2) is 6.84. The molecule has 3 N–H and O–H groups in total. The van der Waals surface area contributed by atoms with Gasteiger partial charge in [0.25, 0.3) is 0 Å². The molecule has 0 saturated carbocycles. The van der Waals surface area contributed by atoms with Gasteiger partial charge in [0.15, 0.2) is 0 Å². The van der Waals surface area contributed by atoms with Crippen LogP contribution in [0, 0.1) is 0 Å². The van der Waals surface area contributed by atoms with E-state index >= 15 is 0 Å². The molecule has 1 aromatic carbocycles. The summed E-state index contributed by atoms with van der Waals surface area (Å²) in [5.74, 6) is -0.0467. The first-order valence-electron chi connectivity index (χ1n) is 5.73. The maximum Gasteiger partial charge on any atom is 0.216 e. The van der Waals surface area contributed by atoms with Crippen LogP contribution >= 0.6 is 0 Å². The second-order valence-corrected chi connectivity index (χ2v) is 6.01. The van der Waals surface area contributed by atoms with Crippen LogP contribution in [0.1, 0.15) is 18.1 Å². The number of nitrogens with two attached hydrogens (primary N) is 1. The van der Waals surface area contributed by atoms with Gasteiger partial charge in [0.1, 0.15) is 0 Å². The highest BCUT2D eigenvalue weighted by molar-refractivity contribution is 7.88. The van der Waals surface area contributed by atoms with Crippen molar-refractivity contribution in [2.24, 2.45) is 5.73 Å². The van der Waals surface area contributed by atoms with Gasteiger partial charge in [0, 0.05) is 19.7 Å². The number of ether oxygens (including phenoxy) is 1. The Morgan fingerprint density at radius 3 is 2.67 bits per heavy atom. The third-order valence-electron chi connectivity index (χ3n) is 2.38.